The Morgan fingerprint density at radius 2 is 1.47 bits per heavy atom. The maximum atomic E-state index is 13.2. The Morgan fingerprint density at radius 3 is 2.00 bits per heavy atom. The molecule has 0 aliphatic carbocycles. The molecule has 5 atom stereocenters. The molecule has 0 aliphatic heterocycles. The van der Waals surface area contributed by atoms with Crippen LogP contribution >= 0.6 is 0 Å². The van der Waals surface area contributed by atoms with Gasteiger partial charge in [-0.2, -0.15) is 0 Å². The van der Waals surface area contributed by atoms with E-state index in [0.29, 0.717) is 38.8 Å². The first-order chi connectivity index (χ1) is 17.8. The lowest BCUT2D eigenvalue weighted by atomic mass is 9.96. The number of carboxylic acids is 1. The molecule has 0 aromatic rings. The van der Waals surface area contributed by atoms with Crippen molar-refractivity contribution < 1.29 is 29.1 Å². The van der Waals surface area contributed by atoms with E-state index in [1.807, 2.05) is 6.92 Å². The van der Waals surface area contributed by atoms with Crippen LogP contribution in [0.15, 0.2) is 4.99 Å². The van der Waals surface area contributed by atoms with Crippen LogP contribution in [0.2, 0.25) is 0 Å². The number of aliphatic carboxylic acids is 1. The molecular weight excluding hydrogens is 498 g/mol. The molecule has 0 bridgehead atoms. The van der Waals surface area contributed by atoms with Crippen LogP contribution in [-0.4, -0.2) is 77.9 Å². The van der Waals surface area contributed by atoms with E-state index in [4.69, 9.17) is 28.7 Å². The van der Waals surface area contributed by atoms with E-state index in [1.165, 1.54) is 0 Å². The minimum Gasteiger partial charge on any atom is -0.480 e. The summed E-state index contributed by atoms with van der Waals surface area (Å²) in [6.07, 6.45) is 2.07. The lowest BCUT2D eigenvalue weighted by Crippen LogP contribution is -2.58. The van der Waals surface area contributed by atoms with Crippen LogP contribution < -0.4 is 44.6 Å². The zero-order chi connectivity index (χ0) is 29.3. The van der Waals surface area contributed by atoms with Gasteiger partial charge in [-0.15, -0.1) is 0 Å². The molecule has 0 heterocycles. The van der Waals surface area contributed by atoms with Gasteiger partial charge in [0.05, 0.1) is 6.04 Å². The lowest BCUT2D eigenvalue weighted by Gasteiger charge is -2.28. The van der Waals surface area contributed by atoms with Gasteiger partial charge < -0.3 is 49.7 Å². The molecule has 15 nitrogen and oxygen atoms in total. The Kier molecular flexibility index (Phi) is 17.0. The van der Waals surface area contributed by atoms with E-state index >= 15 is 0 Å². The molecule has 38 heavy (non-hydrogen) atoms. The van der Waals surface area contributed by atoms with Crippen LogP contribution in [0.25, 0.3) is 0 Å². The van der Waals surface area contributed by atoms with Gasteiger partial charge in [0.15, 0.2) is 5.96 Å². The number of carboxylic acid groups (broad SMARTS) is 1. The molecular formula is C23H45N9O6. The van der Waals surface area contributed by atoms with E-state index in [0.717, 1.165) is 0 Å². The standard InChI is InChI=1S/C23H45N9O6/c1-3-13(2)18(32-19(34)14(25)7-6-12-29-23(27)28)21(36)30-15(8-4-5-11-24)20(35)31-16(22(37)38)9-10-17(26)33/h13-16,18H,3-12,24-25H2,1-2H3,(H2,26,33)(H,30,36)(H,31,35)(H,32,34)(H,37,38)(H4,27,28,29). The van der Waals surface area contributed by atoms with Gasteiger partial charge in [0.2, 0.25) is 23.6 Å². The first kappa shape index (κ1) is 34.5. The highest BCUT2D eigenvalue weighted by Crippen LogP contribution is 2.11. The fourth-order valence-electron chi connectivity index (χ4n) is 3.45. The number of nitrogens with one attached hydrogen (secondary N) is 3. The van der Waals surface area contributed by atoms with Crippen molar-refractivity contribution in [1.29, 1.82) is 0 Å². The summed E-state index contributed by atoms with van der Waals surface area (Å²) in [5.74, 6) is -4.32. The van der Waals surface area contributed by atoms with Gasteiger partial charge in [0.25, 0.3) is 0 Å². The van der Waals surface area contributed by atoms with Crippen molar-refractivity contribution in [3.63, 3.8) is 0 Å². The normalized spacial score (nSPS) is 14.7. The molecule has 0 aliphatic rings. The molecule has 4 amide bonds. The third-order valence-corrected chi connectivity index (χ3v) is 5.97. The minimum absolute atomic E-state index is 0.0656. The number of amides is 4. The Labute approximate surface area is 223 Å². The second-order valence-electron chi connectivity index (χ2n) is 9.18. The van der Waals surface area contributed by atoms with Crippen molar-refractivity contribution in [2.24, 2.45) is 39.6 Å². The largest absolute Gasteiger partial charge is 0.480 e. The summed E-state index contributed by atoms with van der Waals surface area (Å²) in [6.45, 7) is 4.27. The van der Waals surface area contributed by atoms with Crippen molar-refractivity contribution in [3.05, 3.63) is 0 Å². The number of nitrogens with zero attached hydrogens (tertiary/aromatic N) is 1. The SMILES string of the molecule is CCC(C)C(NC(=O)C(N)CCCN=C(N)N)C(=O)NC(CCCCN)C(=O)NC(CCC(N)=O)C(=O)O. The number of primary amides is 1. The molecule has 0 fully saturated rings. The van der Waals surface area contributed by atoms with Gasteiger partial charge in [-0.3, -0.25) is 24.2 Å². The highest BCUT2D eigenvalue weighted by molar-refractivity contribution is 5.94. The second-order valence-corrected chi connectivity index (χ2v) is 9.18. The van der Waals surface area contributed by atoms with Gasteiger partial charge >= 0.3 is 5.97 Å². The zero-order valence-electron chi connectivity index (χ0n) is 22.3. The lowest BCUT2D eigenvalue weighted by molar-refractivity contribution is -0.142. The summed E-state index contributed by atoms with van der Waals surface area (Å²) in [6, 6.07) is -4.37. The third-order valence-electron chi connectivity index (χ3n) is 5.97. The van der Waals surface area contributed by atoms with Crippen molar-refractivity contribution in [1.82, 2.24) is 16.0 Å². The van der Waals surface area contributed by atoms with Crippen LogP contribution in [-0.2, 0) is 24.0 Å². The number of aliphatic imine (C=N–C) groups is 1. The van der Waals surface area contributed by atoms with E-state index in [9.17, 15) is 29.1 Å². The fourth-order valence-corrected chi connectivity index (χ4v) is 3.45. The Balaban J connectivity index is 5.49. The summed E-state index contributed by atoms with van der Waals surface area (Å²) >= 11 is 0. The Bertz CT molecular complexity index is 819. The second kappa shape index (κ2) is 18.7. The molecule has 0 aromatic carbocycles. The Hall–Kier alpha value is -3.46. The predicted octanol–water partition coefficient (Wildman–Crippen LogP) is -2.65. The smallest absolute Gasteiger partial charge is 0.326 e. The molecule has 5 unspecified atom stereocenters. The number of guanidine groups is 1. The van der Waals surface area contributed by atoms with Crippen molar-refractivity contribution >= 4 is 35.6 Å². The van der Waals surface area contributed by atoms with Gasteiger partial charge in [0.1, 0.15) is 18.1 Å². The highest BCUT2D eigenvalue weighted by Gasteiger charge is 2.32. The average molecular weight is 544 g/mol. The molecule has 0 spiro atoms. The fraction of sp³-hybridized carbons (Fsp3) is 0.739. The first-order valence-corrected chi connectivity index (χ1v) is 12.8. The van der Waals surface area contributed by atoms with Crippen molar-refractivity contribution in [2.45, 2.75) is 89.4 Å². The van der Waals surface area contributed by atoms with Crippen LogP contribution in [0.3, 0.4) is 0 Å². The highest BCUT2D eigenvalue weighted by atomic mass is 16.4. The molecule has 15 heteroatoms. The molecule has 0 saturated heterocycles. The third kappa shape index (κ3) is 14.3. The van der Waals surface area contributed by atoms with Crippen LogP contribution in [0, 0.1) is 5.92 Å². The van der Waals surface area contributed by atoms with Crippen LogP contribution in [0.5, 0.6) is 0 Å². The van der Waals surface area contributed by atoms with Crippen LogP contribution in [0.4, 0.5) is 0 Å². The monoisotopic (exact) mass is 543 g/mol. The topological polar surface area (TPSA) is 284 Å². The first-order valence-electron chi connectivity index (χ1n) is 12.8. The van der Waals surface area contributed by atoms with Gasteiger partial charge in [0, 0.05) is 13.0 Å². The maximum Gasteiger partial charge on any atom is 0.326 e. The number of rotatable bonds is 20. The number of carbonyl (C=O) groups excluding carboxylic acids is 4. The van der Waals surface area contributed by atoms with Gasteiger partial charge in [-0.05, 0) is 51.0 Å². The van der Waals surface area contributed by atoms with Gasteiger partial charge in [-0.25, -0.2) is 4.79 Å². The number of hydrogen-bond acceptors (Lipinski definition) is 8. The number of nitrogens with two attached hydrogens (primary N) is 5. The average Bonchev–Trinajstić information content (AvgIpc) is 2.85. The van der Waals surface area contributed by atoms with E-state index in [-0.39, 0.29) is 37.6 Å². The molecule has 218 valence electrons. The Morgan fingerprint density at radius 1 is 0.842 bits per heavy atom. The maximum absolute atomic E-state index is 13.2. The quantitative estimate of drug-likeness (QED) is 0.0436. The van der Waals surface area contributed by atoms with Crippen LogP contribution in [0.1, 0.15) is 65.2 Å². The molecule has 14 N–H and O–H groups in total. The molecule has 0 aromatic heterocycles. The summed E-state index contributed by atoms with van der Waals surface area (Å²) < 4.78 is 0. The summed E-state index contributed by atoms with van der Waals surface area (Å²) in [7, 11) is 0. The number of unbranched alkanes of at least 4 members (excludes halogenated alkanes) is 1. The van der Waals surface area contributed by atoms with E-state index < -0.39 is 53.8 Å². The number of carbonyl (C=O) groups is 5. The predicted molar refractivity (Wildman–Crippen MR) is 142 cm³/mol. The van der Waals surface area contributed by atoms with E-state index in [2.05, 4.69) is 20.9 Å². The minimum atomic E-state index is -1.37. The zero-order valence-corrected chi connectivity index (χ0v) is 22.3. The van der Waals surface area contributed by atoms with Gasteiger partial charge in [-0.1, -0.05) is 20.3 Å². The van der Waals surface area contributed by atoms with Crippen molar-refractivity contribution in [2.75, 3.05) is 13.1 Å². The van der Waals surface area contributed by atoms with Crippen molar-refractivity contribution in [3.8, 4) is 0 Å². The van der Waals surface area contributed by atoms with E-state index in [1.54, 1.807) is 6.92 Å². The molecule has 0 rings (SSSR count). The summed E-state index contributed by atoms with van der Waals surface area (Å²) in [4.78, 5) is 65.3. The number of hydrogen-bond donors (Lipinski definition) is 9. The molecule has 0 radical (unpaired) electrons. The summed E-state index contributed by atoms with van der Waals surface area (Å²) in [5.41, 5.74) is 27.1. The molecule has 0 saturated carbocycles. The summed E-state index contributed by atoms with van der Waals surface area (Å²) in [5, 5.41) is 17.1.